The summed E-state index contributed by atoms with van der Waals surface area (Å²) in [6.07, 6.45) is -0.422. The molecule has 168 valence electrons. The maximum atomic E-state index is 13.1. The Morgan fingerprint density at radius 3 is 2.50 bits per heavy atom. The summed E-state index contributed by atoms with van der Waals surface area (Å²) in [6.45, 7) is 3.93. The van der Waals surface area contributed by atoms with Gasteiger partial charge in [-0.05, 0) is 44.2 Å². The van der Waals surface area contributed by atoms with Gasteiger partial charge in [0.2, 0.25) is 15.9 Å². The first-order valence-electron chi connectivity index (χ1n) is 10.1. The molecule has 1 aromatic heterocycles. The highest BCUT2D eigenvalue weighted by atomic mass is 32.2. The Balaban J connectivity index is 1.44. The first-order valence-corrected chi connectivity index (χ1v) is 11.6. The van der Waals surface area contributed by atoms with E-state index in [4.69, 9.17) is 13.9 Å². The van der Waals surface area contributed by atoms with Gasteiger partial charge in [0.1, 0.15) is 0 Å². The average molecular weight is 458 g/mol. The van der Waals surface area contributed by atoms with Crippen molar-refractivity contribution < 1.29 is 27.1 Å². The van der Waals surface area contributed by atoms with Crippen molar-refractivity contribution >= 4 is 16.0 Å². The smallest absolute Gasteiger partial charge is 0.338 e. The predicted molar refractivity (Wildman–Crippen MR) is 114 cm³/mol. The number of carbonyl (C=O) groups excluding carboxylic acids is 1. The second-order valence-corrected chi connectivity index (χ2v) is 9.49. The van der Waals surface area contributed by atoms with Crippen LogP contribution in [0.15, 0.2) is 63.9 Å². The van der Waals surface area contributed by atoms with Gasteiger partial charge in [-0.25, -0.2) is 13.2 Å². The standard InChI is InChI=1S/C22H23N3O6S/c1-15-12-25(13-16(2)30-15)32(27,28)19-10-6-9-18(11-19)22(26)29-14-20-23-24-21(31-20)17-7-4-3-5-8-17/h3-11,15-16H,12-14H2,1-2H3. The molecule has 4 rings (SSSR count). The van der Waals surface area contributed by atoms with Crippen molar-refractivity contribution in [3.05, 3.63) is 66.1 Å². The van der Waals surface area contributed by atoms with E-state index in [0.717, 1.165) is 5.56 Å². The van der Waals surface area contributed by atoms with Crippen LogP contribution in [-0.4, -0.2) is 54.2 Å². The summed E-state index contributed by atoms with van der Waals surface area (Å²) in [4.78, 5) is 12.5. The van der Waals surface area contributed by atoms with Gasteiger partial charge in [0.25, 0.3) is 5.89 Å². The molecule has 1 fully saturated rings. The Morgan fingerprint density at radius 1 is 1.06 bits per heavy atom. The van der Waals surface area contributed by atoms with E-state index in [1.54, 1.807) is 0 Å². The maximum absolute atomic E-state index is 13.1. The number of ether oxygens (including phenoxy) is 2. The molecule has 1 aliphatic heterocycles. The molecule has 0 radical (unpaired) electrons. The molecule has 2 atom stereocenters. The monoisotopic (exact) mass is 457 g/mol. The Hall–Kier alpha value is -3.08. The van der Waals surface area contributed by atoms with Crippen molar-refractivity contribution in [2.24, 2.45) is 0 Å². The molecule has 0 amide bonds. The highest BCUT2D eigenvalue weighted by Gasteiger charge is 2.32. The van der Waals surface area contributed by atoms with E-state index >= 15 is 0 Å². The summed E-state index contributed by atoms with van der Waals surface area (Å²) in [5.41, 5.74) is 0.866. The summed E-state index contributed by atoms with van der Waals surface area (Å²) in [7, 11) is -3.77. The average Bonchev–Trinajstić information content (AvgIpc) is 3.26. The minimum atomic E-state index is -3.77. The number of sulfonamides is 1. The number of aromatic nitrogens is 2. The molecule has 10 heteroatoms. The van der Waals surface area contributed by atoms with Crippen LogP contribution in [0.1, 0.15) is 30.1 Å². The van der Waals surface area contributed by atoms with Gasteiger partial charge in [-0.2, -0.15) is 4.31 Å². The molecule has 1 saturated heterocycles. The minimum absolute atomic E-state index is 0.0254. The quantitative estimate of drug-likeness (QED) is 0.520. The van der Waals surface area contributed by atoms with Gasteiger partial charge >= 0.3 is 5.97 Å². The molecule has 0 aliphatic carbocycles. The second kappa shape index (κ2) is 9.19. The highest BCUT2D eigenvalue weighted by Crippen LogP contribution is 2.22. The van der Waals surface area contributed by atoms with E-state index in [9.17, 15) is 13.2 Å². The van der Waals surface area contributed by atoms with Crippen LogP contribution < -0.4 is 0 Å². The number of esters is 1. The summed E-state index contributed by atoms with van der Waals surface area (Å²) < 4.78 is 43.9. The van der Waals surface area contributed by atoms with Crippen LogP contribution in [0.4, 0.5) is 0 Å². The van der Waals surface area contributed by atoms with Crippen LogP contribution in [0.3, 0.4) is 0 Å². The zero-order valence-corrected chi connectivity index (χ0v) is 18.5. The van der Waals surface area contributed by atoms with Crippen LogP contribution >= 0.6 is 0 Å². The van der Waals surface area contributed by atoms with Crippen molar-refractivity contribution in [3.63, 3.8) is 0 Å². The lowest BCUT2D eigenvalue weighted by atomic mass is 10.2. The lowest BCUT2D eigenvalue weighted by Gasteiger charge is -2.34. The van der Waals surface area contributed by atoms with Gasteiger partial charge in [0.15, 0.2) is 6.61 Å². The van der Waals surface area contributed by atoms with Gasteiger partial charge in [0.05, 0.1) is 22.7 Å². The highest BCUT2D eigenvalue weighted by molar-refractivity contribution is 7.89. The van der Waals surface area contributed by atoms with E-state index in [-0.39, 0.29) is 48.3 Å². The molecule has 9 nitrogen and oxygen atoms in total. The van der Waals surface area contributed by atoms with Crippen molar-refractivity contribution in [1.29, 1.82) is 0 Å². The molecule has 3 aromatic rings. The minimum Gasteiger partial charge on any atom is -0.452 e. The van der Waals surface area contributed by atoms with Gasteiger partial charge in [-0.1, -0.05) is 24.3 Å². The molecule has 0 saturated carbocycles. The van der Waals surface area contributed by atoms with Crippen LogP contribution in [0, 0.1) is 0 Å². The molecule has 2 unspecified atom stereocenters. The van der Waals surface area contributed by atoms with Crippen molar-refractivity contribution in [2.45, 2.75) is 37.6 Å². The number of morpholine rings is 1. The fraction of sp³-hybridized carbons (Fsp3) is 0.318. The SMILES string of the molecule is CC1CN(S(=O)(=O)c2cccc(C(=O)OCc3nnc(-c4ccccc4)o3)c2)CC(C)O1. The van der Waals surface area contributed by atoms with E-state index < -0.39 is 16.0 Å². The van der Waals surface area contributed by atoms with Crippen LogP contribution in [0.25, 0.3) is 11.5 Å². The molecule has 0 N–H and O–H groups in total. The third-order valence-corrected chi connectivity index (χ3v) is 6.74. The molecule has 1 aliphatic rings. The van der Waals surface area contributed by atoms with Gasteiger partial charge < -0.3 is 13.9 Å². The number of carbonyl (C=O) groups is 1. The fourth-order valence-electron chi connectivity index (χ4n) is 3.48. The Bertz CT molecular complexity index is 1190. The normalized spacial score (nSPS) is 19.6. The molecule has 32 heavy (non-hydrogen) atoms. The number of rotatable bonds is 6. The summed E-state index contributed by atoms with van der Waals surface area (Å²) in [5.74, 6) is -0.235. The van der Waals surface area contributed by atoms with Gasteiger partial charge in [-0.15, -0.1) is 10.2 Å². The molecule has 2 aromatic carbocycles. The molecule has 0 spiro atoms. The van der Waals surface area contributed by atoms with E-state index in [1.165, 1.54) is 28.6 Å². The first kappa shape index (κ1) is 22.1. The summed E-state index contributed by atoms with van der Waals surface area (Å²) in [6, 6.07) is 15.0. The largest absolute Gasteiger partial charge is 0.452 e. The van der Waals surface area contributed by atoms with Gasteiger partial charge in [-0.3, -0.25) is 0 Å². The van der Waals surface area contributed by atoms with E-state index in [0.29, 0.717) is 5.89 Å². The summed E-state index contributed by atoms with van der Waals surface area (Å²) >= 11 is 0. The fourth-order valence-corrected chi connectivity index (χ4v) is 5.12. The lowest BCUT2D eigenvalue weighted by Crippen LogP contribution is -2.48. The molecule has 0 bridgehead atoms. The number of hydrogen-bond acceptors (Lipinski definition) is 8. The number of benzene rings is 2. The van der Waals surface area contributed by atoms with E-state index in [1.807, 2.05) is 44.2 Å². The Morgan fingerprint density at radius 2 is 1.78 bits per heavy atom. The van der Waals surface area contributed by atoms with E-state index in [2.05, 4.69) is 10.2 Å². The molecular formula is C22H23N3O6S. The van der Waals surface area contributed by atoms with Crippen molar-refractivity contribution in [1.82, 2.24) is 14.5 Å². The number of nitrogens with zero attached hydrogens (tertiary/aromatic N) is 3. The lowest BCUT2D eigenvalue weighted by molar-refractivity contribution is -0.0440. The number of hydrogen-bond donors (Lipinski definition) is 0. The third kappa shape index (κ3) is 4.87. The predicted octanol–water partition coefficient (Wildman–Crippen LogP) is 2.89. The van der Waals surface area contributed by atoms with Crippen LogP contribution in [0.5, 0.6) is 0 Å². The zero-order valence-electron chi connectivity index (χ0n) is 17.7. The topological polar surface area (TPSA) is 112 Å². The first-order chi connectivity index (χ1) is 15.3. The zero-order chi connectivity index (χ0) is 22.7. The van der Waals surface area contributed by atoms with Crippen molar-refractivity contribution in [2.75, 3.05) is 13.1 Å². The van der Waals surface area contributed by atoms with Crippen LogP contribution in [-0.2, 0) is 26.1 Å². The van der Waals surface area contributed by atoms with Crippen LogP contribution in [0.2, 0.25) is 0 Å². The maximum Gasteiger partial charge on any atom is 0.338 e. The second-order valence-electron chi connectivity index (χ2n) is 7.55. The summed E-state index contributed by atoms with van der Waals surface area (Å²) in [5, 5.41) is 7.83. The Labute approximate surface area is 186 Å². The van der Waals surface area contributed by atoms with Crippen molar-refractivity contribution in [3.8, 4) is 11.5 Å². The molecular weight excluding hydrogens is 434 g/mol. The third-order valence-electron chi connectivity index (χ3n) is 4.91. The molecule has 2 heterocycles. The van der Waals surface area contributed by atoms with Gasteiger partial charge in [0, 0.05) is 18.7 Å². The Kier molecular flexibility index (Phi) is 6.35.